The van der Waals surface area contributed by atoms with Crippen LogP contribution >= 0.6 is 12.2 Å². The number of aliphatic imine (C=N–C) groups is 1. The second kappa shape index (κ2) is 3.20. The summed E-state index contributed by atoms with van der Waals surface area (Å²) in [6.07, 6.45) is 1.65. The van der Waals surface area contributed by atoms with Crippen molar-refractivity contribution in [3.05, 3.63) is 11.9 Å². The third-order valence-corrected chi connectivity index (χ3v) is 1.24. The van der Waals surface area contributed by atoms with E-state index in [1.54, 1.807) is 17.9 Å². The van der Waals surface area contributed by atoms with E-state index in [0.717, 1.165) is 5.69 Å². The third kappa shape index (κ3) is 1.46. The minimum absolute atomic E-state index is 0.507. The van der Waals surface area contributed by atoms with Crippen molar-refractivity contribution in [2.24, 2.45) is 12.0 Å². The molecule has 1 heterocycles. The number of aryl methyl sites for hydroxylation is 1. The smallest absolute Gasteiger partial charge is 0.0928 e. The molecule has 5 heteroatoms. The Morgan fingerprint density at radius 3 is 3.20 bits per heavy atom. The second-order valence-electron chi connectivity index (χ2n) is 1.76. The number of rotatable bonds is 2. The van der Waals surface area contributed by atoms with Gasteiger partial charge in [0.1, 0.15) is 0 Å². The molecule has 0 saturated heterocycles. The van der Waals surface area contributed by atoms with Crippen LogP contribution in [0.25, 0.3) is 0 Å². The lowest BCUT2D eigenvalue weighted by Crippen LogP contribution is -1.96. The normalized spacial score (nSPS) is 8.90. The molecule has 0 saturated carbocycles. The van der Waals surface area contributed by atoms with E-state index in [1.165, 1.54) is 0 Å². The summed E-state index contributed by atoms with van der Waals surface area (Å²) >= 11 is 4.40. The van der Waals surface area contributed by atoms with Gasteiger partial charge < -0.3 is 0 Å². The molecule has 1 rings (SSSR count). The van der Waals surface area contributed by atoms with Gasteiger partial charge in [0.2, 0.25) is 0 Å². The van der Waals surface area contributed by atoms with Crippen molar-refractivity contribution in [1.29, 1.82) is 0 Å². The molecule has 0 amide bonds. The Bertz CT molecular complexity index is 260. The average Bonchev–Trinajstić information content (AvgIpc) is 2.31. The standard InChI is InChI=1S/C5H6N4S/c1-9-5(2-6-4-10)3-7-8-9/h3H,2H2,1H3. The van der Waals surface area contributed by atoms with Gasteiger partial charge in [-0.05, 0) is 12.2 Å². The molecule has 0 N–H and O–H groups in total. The van der Waals surface area contributed by atoms with E-state index in [2.05, 4.69) is 32.7 Å². The van der Waals surface area contributed by atoms with Crippen molar-refractivity contribution in [3.63, 3.8) is 0 Å². The molecule has 0 bridgehead atoms. The van der Waals surface area contributed by atoms with Gasteiger partial charge in [-0.15, -0.1) is 5.10 Å². The Hall–Kier alpha value is -1.06. The number of isothiocyanates is 1. The molecular formula is C5H6N4S. The summed E-state index contributed by atoms with van der Waals surface area (Å²) in [5, 5.41) is 9.65. The fourth-order valence-corrected chi connectivity index (χ4v) is 0.632. The number of thiocarbonyl (C=S) groups is 1. The molecule has 0 aromatic carbocycles. The molecule has 0 fully saturated rings. The Kier molecular flexibility index (Phi) is 2.25. The summed E-state index contributed by atoms with van der Waals surface area (Å²) in [5.74, 6) is 0. The SMILES string of the molecule is Cn1nncc1CN=C=S. The van der Waals surface area contributed by atoms with E-state index < -0.39 is 0 Å². The summed E-state index contributed by atoms with van der Waals surface area (Å²) in [6.45, 7) is 0.507. The summed E-state index contributed by atoms with van der Waals surface area (Å²) < 4.78 is 1.65. The molecular weight excluding hydrogens is 148 g/mol. The van der Waals surface area contributed by atoms with E-state index in [0.29, 0.717) is 6.54 Å². The number of hydrogen-bond acceptors (Lipinski definition) is 4. The first-order chi connectivity index (χ1) is 4.84. The lowest BCUT2D eigenvalue weighted by Gasteiger charge is -1.90. The molecule has 0 aliphatic carbocycles. The van der Waals surface area contributed by atoms with Crippen LogP contribution in [0.15, 0.2) is 11.2 Å². The van der Waals surface area contributed by atoms with Crippen molar-refractivity contribution in [2.45, 2.75) is 6.54 Å². The fourth-order valence-electron chi connectivity index (χ4n) is 0.567. The minimum Gasteiger partial charge on any atom is -0.251 e. The maximum absolute atomic E-state index is 4.40. The molecule has 4 nitrogen and oxygen atoms in total. The highest BCUT2D eigenvalue weighted by molar-refractivity contribution is 7.78. The fraction of sp³-hybridized carbons (Fsp3) is 0.400. The van der Waals surface area contributed by atoms with Gasteiger partial charge >= 0.3 is 0 Å². The van der Waals surface area contributed by atoms with Gasteiger partial charge in [0.05, 0.1) is 23.6 Å². The molecule has 0 radical (unpaired) electrons. The van der Waals surface area contributed by atoms with Crippen molar-refractivity contribution in [1.82, 2.24) is 15.0 Å². The average molecular weight is 154 g/mol. The maximum Gasteiger partial charge on any atom is 0.0928 e. The van der Waals surface area contributed by atoms with E-state index >= 15 is 0 Å². The first-order valence-corrected chi connectivity index (χ1v) is 3.12. The van der Waals surface area contributed by atoms with Gasteiger partial charge in [0, 0.05) is 7.05 Å². The molecule has 0 aliphatic rings. The molecule has 0 atom stereocenters. The summed E-state index contributed by atoms with van der Waals surface area (Å²) in [4.78, 5) is 3.74. The zero-order valence-electron chi connectivity index (χ0n) is 5.48. The molecule has 0 spiro atoms. The molecule has 10 heavy (non-hydrogen) atoms. The Morgan fingerprint density at radius 2 is 2.70 bits per heavy atom. The number of nitrogens with zero attached hydrogens (tertiary/aromatic N) is 4. The van der Waals surface area contributed by atoms with E-state index in [-0.39, 0.29) is 0 Å². The van der Waals surface area contributed by atoms with E-state index in [1.807, 2.05) is 0 Å². The van der Waals surface area contributed by atoms with Crippen LogP contribution in [-0.2, 0) is 13.6 Å². The van der Waals surface area contributed by atoms with Gasteiger partial charge in [0.25, 0.3) is 0 Å². The van der Waals surface area contributed by atoms with Crippen LogP contribution in [0.3, 0.4) is 0 Å². The quantitative estimate of drug-likeness (QED) is 0.458. The molecule has 1 aromatic heterocycles. The Labute approximate surface area is 63.6 Å². The van der Waals surface area contributed by atoms with Crippen LogP contribution in [0.2, 0.25) is 0 Å². The number of aromatic nitrogens is 3. The minimum atomic E-state index is 0.507. The lowest BCUT2D eigenvalue weighted by molar-refractivity contribution is 0.679. The topological polar surface area (TPSA) is 43.1 Å². The zero-order valence-corrected chi connectivity index (χ0v) is 6.30. The van der Waals surface area contributed by atoms with Crippen molar-refractivity contribution in [2.75, 3.05) is 0 Å². The molecule has 52 valence electrons. The highest BCUT2D eigenvalue weighted by Crippen LogP contribution is 1.93. The van der Waals surface area contributed by atoms with Crippen LogP contribution in [-0.4, -0.2) is 20.2 Å². The second-order valence-corrected chi connectivity index (χ2v) is 1.94. The van der Waals surface area contributed by atoms with Crippen molar-refractivity contribution >= 4 is 17.4 Å². The Morgan fingerprint density at radius 1 is 1.90 bits per heavy atom. The van der Waals surface area contributed by atoms with Gasteiger partial charge in [-0.3, -0.25) is 4.68 Å². The third-order valence-electron chi connectivity index (χ3n) is 1.11. The van der Waals surface area contributed by atoms with Crippen LogP contribution in [0.1, 0.15) is 5.69 Å². The predicted molar refractivity (Wildman–Crippen MR) is 39.7 cm³/mol. The van der Waals surface area contributed by atoms with Gasteiger partial charge in [-0.25, -0.2) is 4.99 Å². The largest absolute Gasteiger partial charge is 0.251 e. The summed E-state index contributed by atoms with van der Waals surface area (Å²) in [5.41, 5.74) is 0.928. The van der Waals surface area contributed by atoms with Gasteiger partial charge in [-0.2, -0.15) is 0 Å². The first kappa shape index (κ1) is 7.05. The van der Waals surface area contributed by atoms with Crippen LogP contribution in [0.4, 0.5) is 0 Å². The highest BCUT2D eigenvalue weighted by Gasteiger charge is 1.95. The predicted octanol–water partition coefficient (Wildman–Crippen LogP) is 0.418. The van der Waals surface area contributed by atoms with Gasteiger partial charge in [0.15, 0.2) is 0 Å². The van der Waals surface area contributed by atoms with E-state index in [4.69, 9.17) is 0 Å². The Balaban J connectivity index is 2.74. The van der Waals surface area contributed by atoms with Crippen LogP contribution < -0.4 is 0 Å². The summed E-state index contributed by atoms with van der Waals surface area (Å²) in [6, 6.07) is 0. The molecule has 1 aromatic rings. The van der Waals surface area contributed by atoms with Crippen molar-refractivity contribution in [3.8, 4) is 0 Å². The van der Waals surface area contributed by atoms with Crippen molar-refractivity contribution < 1.29 is 0 Å². The van der Waals surface area contributed by atoms with Crippen LogP contribution in [0, 0.1) is 0 Å². The monoisotopic (exact) mass is 154 g/mol. The van der Waals surface area contributed by atoms with E-state index in [9.17, 15) is 0 Å². The van der Waals surface area contributed by atoms with Gasteiger partial charge in [-0.1, -0.05) is 5.21 Å². The molecule has 0 aliphatic heterocycles. The van der Waals surface area contributed by atoms with Crippen LogP contribution in [0.5, 0.6) is 0 Å². The summed E-state index contributed by atoms with van der Waals surface area (Å²) in [7, 11) is 1.81. The molecule has 0 unspecified atom stereocenters. The first-order valence-electron chi connectivity index (χ1n) is 2.72. The zero-order chi connectivity index (χ0) is 7.40. The maximum atomic E-state index is 4.40. The number of hydrogen-bond donors (Lipinski definition) is 0. The highest BCUT2D eigenvalue weighted by atomic mass is 32.1. The lowest BCUT2D eigenvalue weighted by atomic mass is 10.5.